The van der Waals surface area contributed by atoms with E-state index in [1.165, 1.54) is 0 Å². The van der Waals surface area contributed by atoms with Gasteiger partial charge >= 0.3 is 5.97 Å². The van der Waals surface area contributed by atoms with Crippen LogP contribution in [0, 0.1) is 13.8 Å². The zero-order chi connectivity index (χ0) is 13.6. The Morgan fingerprint density at radius 2 is 1.95 bits per heavy atom. The fourth-order valence-electron chi connectivity index (χ4n) is 2.40. The summed E-state index contributed by atoms with van der Waals surface area (Å²) in [6.07, 6.45) is 0. The zero-order valence-corrected chi connectivity index (χ0v) is 10.6. The predicted octanol–water partition coefficient (Wildman–Crippen LogP) is 2.52. The van der Waals surface area contributed by atoms with Crippen molar-refractivity contribution >= 4 is 5.97 Å². The molecule has 1 aliphatic heterocycles. The minimum atomic E-state index is -0.917. The number of rotatable bonds is 2. The highest BCUT2D eigenvalue weighted by molar-refractivity contribution is 5.89. The maximum absolute atomic E-state index is 11.1. The van der Waals surface area contributed by atoms with Gasteiger partial charge in [0.1, 0.15) is 0 Å². The van der Waals surface area contributed by atoms with Crippen LogP contribution in [-0.2, 0) is 0 Å². The Morgan fingerprint density at radius 3 is 2.63 bits per heavy atom. The van der Waals surface area contributed by atoms with Gasteiger partial charge in [-0.25, -0.2) is 4.79 Å². The van der Waals surface area contributed by atoms with Crippen molar-refractivity contribution in [3.05, 3.63) is 41.2 Å². The molecular weight excluding hydrogens is 246 g/mol. The highest BCUT2D eigenvalue weighted by atomic mass is 16.7. The van der Waals surface area contributed by atoms with Crippen LogP contribution in [0.1, 0.15) is 21.7 Å². The van der Waals surface area contributed by atoms with Crippen LogP contribution in [0.3, 0.4) is 0 Å². The van der Waals surface area contributed by atoms with E-state index < -0.39 is 5.97 Å². The molecule has 1 aromatic heterocycles. The van der Waals surface area contributed by atoms with Gasteiger partial charge in [-0.1, -0.05) is 0 Å². The number of fused-ring (bicyclic) bond motifs is 1. The van der Waals surface area contributed by atoms with Crippen LogP contribution in [0.2, 0.25) is 0 Å². The van der Waals surface area contributed by atoms with Crippen LogP contribution < -0.4 is 9.47 Å². The molecule has 0 saturated carbocycles. The second kappa shape index (κ2) is 4.05. The fourth-order valence-corrected chi connectivity index (χ4v) is 2.40. The first-order chi connectivity index (χ1) is 9.08. The maximum Gasteiger partial charge on any atom is 0.337 e. The van der Waals surface area contributed by atoms with E-state index in [0.717, 1.165) is 11.4 Å². The lowest BCUT2D eigenvalue weighted by Gasteiger charge is -2.10. The molecule has 19 heavy (non-hydrogen) atoms. The lowest BCUT2D eigenvalue weighted by molar-refractivity contribution is 0.0696. The van der Waals surface area contributed by atoms with Crippen molar-refractivity contribution in [3.8, 4) is 17.2 Å². The van der Waals surface area contributed by atoms with Crippen LogP contribution in [0.25, 0.3) is 5.69 Å². The van der Waals surface area contributed by atoms with Crippen LogP contribution in [-0.4, -0.2) is 22.4 Å². The first-order valence-electron chi connectivity index (χ1n) is 5.90. The number of aromatic carboxylic acids is 1. The predicted molar refractivity (Wildman–Crippen MR) is 68.3 cm³/mol. The third-order valence-corrected chi connectivity index (χ3v) is 3.28. The van der Waals surface area contributed by atoms with Crippen molar-refractivity contribution in [2.75, 3.05) is 6.79 Å². The second-order valence-corrected chi connectivity index (χ2v) is 4.46. The molecule has 1 aromatic carbocycles. The Labute approximate surface area is 110 Å². The standard InChI is InChI=1S/C14H13NO4/c1-8-5-11(14(16)17)9(2)15(8)10-3-4-12-13(6-10)19-7-18-12/h3-6H,7H2,1-2H3,(H,16,17). The molecular formula is C14H13NO4. The van der Waals surface area contributed by atoms with E-state index in [1.54, 1.807) is 13.0 Å². The summed E-state index contributed by atoms with van der Waals surface area (Å²) in [5.74, 6) is 0.478. The minimum Gasteiger partial charge on any atom is -0.478 e. The number of ether oxygens (including phenoxy) is 2. The molecule has 1 N–H and O–H groups in total. The van der Waals surface area contributed by atoms with E-state index >= 15 is 0 Å². The maximum atomic E-state index is 11.1. The Bertz CT molecular complexity index is 672. The Hall–Kier alpha value is -2.43. The first-order valence-corrected chi connectivity index (χ1v) is 5.90. The summed E-state index contributed by atoms with van der Waals surface area (Å²) in [7, 11) is 0. The van der Waals surface area contributed by atoms with E-state index in [4.69, 9.17) is 14.6 Å². The monoisotopic (exact) mass is 259 g/mol. The summed E-state index contributed by atoms with van der Waals surface area (Å²) in [6, 6.07) is 7.24. The Morgan fingerprint density at radius 1 is 1.21 bits per heavy atom. The molecule has 98 valence electrons. The molecule has 0 aliphatic carbocycles. The van der Waals surface area contributed by atoms with Crippen LogP contribution in [0.4, 0.5) is 0 Å². The smallest absolute Gasteiger partial charge is 0.337 e. The number of hydrogen-bond donors (Lipinski definition) is 1. The molecule has 5 heteroatoms. The van der Waals surface area contributed by atoms with Crippen molar-refractivity contribution in [2.45, 2.75) is 13.8 Å². The van der Waals surface area contributed by atoms with Crippen LogP contribution in [0.5, 0.6) is 11.5 Å². The molecule has 2 aromatic rings. The Kier molecular flexibility index (Phi) is 2.48. The van der Waals surface area contributed by atoms with Gasteiger partial charge in [-0.2, -0.15) is 0 Å². The van der Waals surface area contributed by atoms with Crippen molar-refractivity contribution in [1.82, 2.24) is 4.57 Å². The summed E-state index contributed by atoms with van der Waals surface area (Å²) in [6.45, 7) is 3.90. The van der Waals surface area contributed by atoms with E-state index in [-0.39, 0.29) is 6.79 Å². The molecule has 0 radical (unpaired) electrons. The number of aryl methyl sites for hydroxylation is 1. The molecule has 2 heterocycles. The molecule has 0 amide bonds. The third-order valence-electron chi connectivity index (χ3n) is 3.28. The fraction of sp³-hybridized carbons (Fsp3) is 0.214. The number of carboxylic acids is 1. The molecule has 0 saturated heterocycles. The first kappa shape index (κ1) is 11.6. The van der Waals surface area contributed by atoms with Gasteiger partial charge < -0.3 is 19.1 Å². The summed E-state index contributed by atoms with van der Waals surface area (Å²) < 4.78 is 12.5. The van der Waals surface area contributed by atoms with Crippen LogP contribution >= 0.6 is 0 Å². The summed E-state index contributed by atoms with van der Waals surface area (Å²) in [5.41, 5.74) is 2.75. The molecule has 0 spiro atoms. The minimum absolute atomic E-state index is 0.225. The molecule has 0 unspecified atom stereocenters. The molecule has 5 nitrogen and oxygen atoms in total. The lowest BCUT2D eigenvalue weighted by Crippen LogP contribution is -2.02. The number of nitrogens with zero attached hydrogens (tertiary/aromatic N) is 1. The van der Waals surface area contributed by atoms with Gasteiger partial charge in [-0.3, -0.25) is 0 Å². The number of aromatic nitrogens is 1. The average molecular weight is 259 g/mol. The van der Waals surface area contributed by atoms with Crippen molar-refractivity contribution < 1.29 is 19.4 Å². The van der Waals surface area contributed by atoms with Gasteiger partial charge in [0.05, 0.1) is 5.56 Å². The summed E-state index contributed by atoms with van der Waals surface area (Å²) >= 11 is 0. The SMILES string of the molecule is Cc1cc(C(=O)O)c(C)n1-c1ccc2c(c1)OCO2. The van der Waals surface area contributed by atoms with Gasteiger partial charge in [0.2, 0.25) is 6.79 Å². The van der Waals surface area contributed by atoms with E-state index in [2.05, 4.69) is 0 Å². The molecule has 1 aliphatic rings. The summed E-state index contributed by atoms with van der Waals surface area (Å²) in [4.78, 5) is 11.1. The third kappa shape index (κ3) is 1.74. The topological polar surface area (TPSA) is 60.7 Å². The van der Waals surface area contributed by atoms with Gasteiger partial charge in [0.25, 0.3) is 0 Å². The number of hydrogen-bond acceptors (Lipinski definition) is 3. The molecule has 0 atom stereocenters. The van der Waals surface area contributed by atoms with Crippen molar-refractivity contribution in [2.24, 2.45) is 0 Å². The van der Waals surface area contributed by atoms with Gasteiger partial charge in [-0.15, -0.1) is 0 Å². The number of carboxylic acid groups (broad SMARTS) is 1. The van der Waals surface area contributed by atoms with E-state index in [9.17, 15) is 4.79 Å². The summed E-state index contributed by atoms with van der Waals surface area (Å²) in [5, 5.41) is 9.15. The highest BCUT2D eigenvalue weighted by Gasteiger charge is 2.18. The van der Waals surface area contributed by atoms with Crippen molar-refractivity contribution in [1.29, 1.82) is 0 Å². The second-order valence-electron chi connectivity index (χ2n) is 4.46. The normalized spacial score (nSPS) is 12.7. The molecule has 3 rings (SSSR count). The zero-order valence-electron chi connectivity index (χ0n) is 10.6. The largest absolute Gasteiger partial charge is 0.478 e. The number of benzene rings is 1. The molecule has 0 bridgehead atoms. The Balaban J connectivity index is 2.14. The number of carbonyl (C=O) groups is 1. The van der Waals surface area contributed by atoms with Gasteiger partial charge in [0.15, 0.2) is 11.5 Å². The van der Waals surface area contributed by atoms with Crippen molar-refractivity contribution in [3.63, 3.8) is 0 Å². The lowest BCUT2D eigenvalue weighted by atomic mass is 10.2. The quantitative estimate of drug-likeness (QED) is 0.900. The average Bonchev–Trinajstić information content (AvgIpc) is 2.93. The highest BCUT2D eigenvalue weighted by Crippen LogP contribution is 2.34. The van der Waals surface area contributed by atoms with E-state index in [0.29, 0.717) is 22.8 Å². The van der Waals surface area contributed by atoms with Gasteiger partial charge in [0, 0.05) is 23.1 Å². The van der Waals surface area contributed by atoms with E-state index in [1.807, 2.05) is 29.7 Å². The van der Waals surface area contributed by atoms with Crippen LogP contribution in [0.15, 0.2) is 24.3 Å². The molecule has 0 fully saturated rings. The van der Waals surface area contributed by atoms with Gasteiger partial charge in [-0.05, 0) is 32.0 Å².